The Balaban J connectivity index is 1.48. The average Bonchev–Trinajstić information content (AvgIpc) is 2.92. The fourth-order valence-corrected chi connectivity index (χ4v) is 5.17. The Hall–Kier alpha value is -1.97. The van der Waals surface area contributed by atoms with E-state index in [4.69, 9.17) is 9.47 Å². The van der Waals surface area contributed by atoms with Gasteiger partial charge in [0.25, 0.3) is 0 Å². The van der Waals surface area contributed by atoms with E-state index in [-0.39, 0.29) is 6.10 Å². The molecule has 8 nitrogen and oxygen atoms in total. The van der Waals surface area contributed by atoms with Crippen LogP contribution in [0.25, 0.3) is 0 Å². The number of sulfonamides is 1. The SMILES string of the molecule is Cc1nn(C)c(C)c1S(=O)(=O)N1CCC(OCCOc2cccnc2)CC1. The number of aromatic nitrogens is 3. The highest BCUT2D eigenvalue weighted by Crippen LogP contribution is 2.26. The molecule has 27 heavy (non-hydrogen) atoms. The number of pyridine rings is 1. The number of aryl methyl sites for hydroxylation is 2. The Bertz CT molecular complexity index is 859. The summed E-state index contributed by atoms with van der Waals surface area (Å²) in [6.07, 6.45) is 4.74. The van der Waals surface area contributed by atoms with E-state index in [1.54, 1.807) is 38.0 Å². The predicted octanol–water partition coefficient (Wildman–Crippen LogP) is 1.68. The normalized spacial score (nSPS) is 16.6. The summed E-state index contributed by atoms with van der Waals surface area (Å²) in [5.74, 6) is 0.712. The maximum Gasteiger partial charge on any atom is 0.246 e. The van der Waals surface area contributed by atoms with E-state index < -0.39 is 10.0 Å². The zero-order valence-electron chi connectivity index (χ0n) is 16.0. The second kappa shape index (κ2) is 8.37. The molecule has 0 unspecified atom stereocenters. The van der Waals surface area contributed by atoms with E-state index in [2.05, 4.69) is 10.1 Å². The van der Waals surface area contributed by atoms with Gasteiger partial charge in [-0.2, -0.15) is 9.40 Å². The first-order chi connectivity index (χ1) is 12.9. The van der Waals surface area contributed by atoms with Gasteiger partial charge in [-0.05, 0) is 38.8 Å². The Morgan fingerprint density at radius 1 is 1.22 bits per heavy atom. The van der Waals surface area contributed by atoms with Crippen LogP contribution in [0.15, 0.2) is 29.4 Å². The van der Waals surface area contributed by atoms with Crippen LogP contribution in [0.2, 0.25) is 0 Å². The van der Waals surface area contributed by atoms with Crippen LogP contribution in [-0.2, 0) is 21.8 Å². The van der Waals surface area contributed by atoms with Crippen LogP contribution < -0.4 is 4.74 Å². The van der Waals surface area contributed by atoms with Crippen LogP contribution in [-0.4, -0.2) is 59.9 Å². The number of piperidine rings is 1. The summed E-state index contributed by atoms with van der Waals surface area (Å²) in [5, 5.41) is 4.23. The van der Waals surface area contributed by atoms with Gasteiger partial charge in [0, 0.05) is 26.3 Å². The van der Waals surface area contributed by atoms with Crippen LogP contribution in [0, 0.1) is 13.8 Å². The van der Waals surface area contributed by atoms with Gasteiger partial charge in [0.15, 0.2) is 0 Å². The molecule has 0 amide bonds. The maximum absolute atomic E-state index is 13.0. The van der Waals surface area contributed by atoms with Crippen molar-refractivity contribution >= 4 is 10.0 Å². The van der Waals surface area contributed by atoms with Crippen molar-refractivity contribution in [1.82, 2.24) is 19.1 Å². The average molecular weight is 394 g/mol. The minimum atomic E-state index is -3.52. The van der Waals surface area contributed by atoms with E-state index in [9.17, 15) is 8.42 Å². The maximum atomic E-state index is 13.0. The fourth-order valence-electron chi connectivity index (χ4n) is 3.30. The molecule has 0 spiro atoms. The van der Waals surface area contributed by atoms with Gasteiger partial charge in [0.1, 0.15) is 17.3 Å². The van der Waals surface area contributed by atoms with E-state index in [0.29, 0.717) is 61.2 Å². The lowest BCUT2D eigenvalue weighted by atomic mass is 10.1. The number of hydrogen-bond donors (Lipinski definition) is 0. The van der Waals surface area contributed by atoms with Gasteiger partial charge in [-0.25, -0.2) is 8.42 Å². The first-order valence-electron chi connectivity index (χ1n) is 9.04. The van der Waals surface area contributed by atoms with Crippen molar-refractivity contribution in [3.8, 4) is 5.75 Å². The van der Waals surface area contributed by atoms with E-state index in [0.717, 1.165) is 0 Å². The van der Waals surface area contributed by atoms with E-state index >= 15 is 0 Å². The lowest BCUT2D eigenvalue weighted by molar-refractivity contribution is 0.00696. The second-order valence-electron chi connectivity index (χ2n) is 6.63. The molecule has 2 aromatic heterocycles. The summed E-state index contributed by atoms with van der Waals surface area (Å²) in [4.78, 5) is 4.32. The highest BCUT2D eigenvalue weighted by atomic mass is 32.2. The Morgan fingerprint density at radius 3 is 2.56 bits per heavy atom. The number of ether oxygens (including phenoxy) is 2. The molecule has 0 aliphatic carbocycles. The Kier molecular flexibility index (Phi) is 6.13. The number of hydrogen-bond acceptors (Lipinski definition) is 6. The molecule has 3 rings (SSSR count). The minimum Gasteiger partial charge on any atom is -0.490 e. The van der Waals surface area contributed by atoms with Crippen molar-refractivity contribution in [3.05, 3.63) is 35.9 Å². The summed E-state index contributed by atoms with van der Waals surface area (Å²) >= 11 is 0. The molecule has 1 aliphatic heterocycles. The first-order valence-corrected chi connectivity index (χ1v) is 10.5. The van der Waals surface area contributed by atoms with Crippen molar-refractivity contribution < 1.29 is 17.9 Å². The lowest BCUT2D eigenvalue weighted by Gasteiger charge is -2.31. The zero-order chi connectivity index (χ0) is 19.4. The van der Waals surface area contributed by atoms with Crippen molar-refractivity contribution in [2.45, 2.75) is 37.7 Å². The zero-order valence-corrected chi connectivity index (χ0v) is 16.8. The van der Waals surface area contributed by atoms with E-state index in [1.807, 2.05) is 12.1 Å². The quantitative estimate of drug-likeness (QED) is 0.664. The molecule has 148 valence electrons. The second-order valence-corrected chi connectivity index (χ2v) is 8.51. The molecule has 0 N–H and O–H groups in total. The number of nitrogens with zero attached hydrogens (tertiary/aromatic N) is 4. The van der Waals surface area contributed by atoms with Crippen LogP contribution in [0.4, 0.5) is 0 Å². The smallest absolute Gasteiger partial charge is 0.246 e. The highest BCUT2D eigenvalue weighted by Gasteiger charge is 2.33. The molecule has 0 aromatic carbocycles. The van der Waals surface area contributed by atoms with Crippen molar-refractivity contribution in [2.24, 2.45) is 7.05 Å². The summed E-state index contributed by atoms with van der Waals surface area (Å²) in [6, 6.07) is 3.66. The molecule has 1 saturated heterocycles. The minimum absolute atomic E-state index is 0.0463. The summed E-state index contributed by atoms with van der Waals surface area (Å²) in [6.45, 7) is 5.32. The van der Waals surface area contributed by atoms with Crippen LogP contribution in [0.1, 0.15) is 24.2 Å². The third kappa shape index (κ3) is 4.48. The number of rotatable bonds is 7. The molecule has 9 heteroatoms. The molecule has 0 radical (unpaired) electrons. The van der Waals surface area contributed by atoms with Gasteiger partial charge in [0.05, 0.1) is 30.3 Å². The van der Waals surface area contributed by atoms with Crippen molar-refractivity contribution in [3.63, 3.8) is 0 Å². The first kappa shape index (κ1) is 19.8. The molecule has 2 aromatic rings. The summed E-state index contributed by atoms with van der Waals surface area (Å²) < 4.78 is 40.5. The van der Waals surface area contributed by atoms with E-state index in [1.165, 1.54) is 4.31 Å². The largest absolute Gasteiger partial charge is 0.490 e. The molecular formula is C18H26N4O4S. The lowest BCUT2D eigenvalue weighted by Crippen LogP contribution is -2.41. The molecule has 3 heterocycles. The monoisotopic (exact) mass is 394 g/mol. The molecule has 1 aliphatic rings. The van der Waals surface area contributed by atoms with Gasteiger partial charge in [-0.15, -0.1) is 0 Å². The molecule has 0 bridgehead atoms. The predicted molar refractivity (Wildman–Crippen MR) is 100 cm³/mol. The summed E-state index contributed by atoms with van der Waals surface area (Å²) in [5.41, 5.74) is 1.21. The topological polar surface area (TPSA) is 86.6 Å². The van der Waals surface area contributed by atoms with Crippen molar-refractivity contribution in [2.75, 3.05) is 26.3 Å². The summed E-state index contributed by atoms with van der Waals surface area (Å²) in [7, 11) is -1.77. The fraction of sp³-hybridized carbons (Fsp3) is 0.556. The van der Waals surface area contributed by atoms with Crippen LogP contribution in [0.3, 0.4) is 0 Å². The van der Waals surface area contributed by atoms with Gasteiger partial charge in [-0.1, -0.05) is 0 Å². The van der Waals surface area contributed by atoms with Gasteiger partial charge < -0.3 is 9.47 Å². The Morgan fingerprint density at radius 2 is 1.96 bits per heavy atom. The molecule has 0 atom stereocenters. The van der Waals surface area contributed by atoms with Gasteiger partial charge >= 0.3 is 0 Å². The molecule has 1 fully saturated rings. The third-order valence-electron chi connectivity index (χ3n) is 4.78. The Labute approximate surface area is 160 Å². The third-order valence-corrected chi connectivity index (χ3v) is 6.93. The van der Waals surface area contributed by atoms with Crippen LogP contribution >= 0.6 is 0 Å². The van der Waals surface area contributed by atoms with Gasteiger partial charge in [0.2, 0.25) is 10.0 Å². The van der Waals surface area contributed by atoms with Crippen LogP contribution in [0.5, 0.6) is 5.75 Å². The highest BCUT2D eigenvalue weighted by molar-refractivity contribution is 7.89. The van der Waals surface area contributed by atoms with Gasteiger partial charge in [-0.3, -0.25) is 9.67 Å². The standard InChI is InChI=1S/C18H26N4O4S/c1-14-18(15(2)21(3)20-14)27(23,24)22-9-6-16(7-10-22)25-11-12-26-17-5-4-8-19-13-17/h4-5,8,13,16H,6-7,9-12H2,1-3H3. The molecular weight excluding hydrogens is 368 g/mol. The van der Waals surface area contributed by atoms with Crippen molar-refractivity contribution in [1.29, 1.82) is 0 Å². The molecule has 0 saturated carbocycles.